The van der Waals surface area contributed by atoms with Gasteiger partial charge in [0.2, 0.25) is 0 Å². The van der Waals surface area contributed by atoms with Gasteiger partial charge in [0.1, 0.15) is 0 Å². The monoisotopic (exact) mass is 262 g/mol. The van der Waals surface area contributed by atoms with E-state index in [4.69, 9.17) is 17.0 Å². The van der Waals surface area contributed by atoms with E-state index in [0.29, 0.717) is 0 Å². The lowest BCUT2D eigenvalue weighted by Crippen LogP contribution is -2.37. The zero-order chi connectivity index (χ0) is 12.9. The van der Waals surface area contributed by atoms with E-state index in [1.165, 1.54) is 11.1 Å². The first-order valence-corrected chi connectivity index (χ1v) is 6.77. The summed E-state index contributed by atoms with van der Waals surface area (Å²) in [5.74, 6) is 0. The summed E-state index contributed by atoms with van der Waals surface area (Å²) >= 11 is 5.53. The van der Waals surface area contributed by atoms with E-state index in [2.05, 4.69) is 48.5 Å². The topological polar surface area (TPSA) is 29.9 Å². The zero-order valence-electron chi connectivity index (χ0n) is 11.0. The summed E-state index contributed by atoms with van der Waals surface area (Å²) in [5, 5.41) is 0. The molecule has 0 radical (unpaired) electrons. The van der Waals surface area contributed by atoms with Crippen LogP contribution in [0.25, 0.3) is 11.0 Å². The van der Waals surface area contributed by atoms with Crippen LogP contribution >= 0.6 is 12.2 Å². The van der Waals surface area contributed by atoms with Gasteiger partial charge >= 0.3 is 0 Å². The number of aryl methyl sites for hydroxylation is 1. The maximum absolute atomic E-state index is 5.75. The third-order valence-corrected chi connectivity index (χ3v) is 4.55. The van der Waals surface area contributed by atoms with E-state index in [0.717, 1.165) is 23.3 Å². The summed E-state index contributed by atoms with van der Waals surface area (Å²) < 4.78 is 8.80. The lowest BCUT2D eigenvalue weighted by Gasteiger charge is -2.30. The van der Waals surface area contributed by atoms with Crippen molar-refractivity contribution < 1.29 is 4.74 Å². The van der Waals surface area contributed by atoms with E-state index < -0.39 is 0 Å². The second kappa shape index (κ2) is 3.93. The van der Waals surface area contributed by atoms with Gasteiger partial charge in [-0.25, -0.2) is 0 Å². The Kier molecular flexibility index (Phi) is 2.61. The van der Waals surface area contributed by atoms with Gasteiger partial charge < -0.3 is 14.3 Å². The van der Waals surface area contributed by atoms with Gasteiger partial charge in [-0.2, -0.15) is 0 Å². The molecule has 2 atom stereocenters. The maximum Gasteiger partial charge on any atom is 0.178 e. The van der Waals surface area contributed by atoms with E-state index in [9.17, 15) is 0 Å². The van der Waals surface area contributed by atoms with Gasteiger partial charge in [0.25, 0.3) is 0 Å². The highest BCUT2D eigenvalue weighted by Gasteiger charge is 2.40. The molecule has 0 aliphatic carbocycles. The maximum atomic E-state index is 5.75. The Balaban J connectivity index is 2.35. The highest BCUT2D eigenvalue weighted by Crippen LogP contribution is 2.36. The van der Waals surface area contributed by atoms with E-state index >= 15 is 0 Å². The van der Waals surface area contributed by atoms with Crippen LogP contribution in [-0.4, -0.2) is 22.3 Å². The first kappa shape index (κ1) is 11.9. The van der Waals surface area contributed by atoms with E-state index in [1.807, 2.05) is 0 Å². The first-order chi connectivity index (χ1) is 8.54. The lowest BCUT2D eigenvalue weighted by molar-refractivity contribution is 0.0769. The highest BCUT2D eigenvalue weighted by molar-refractivity contribution is 7.71. The molecule has 1 aliphatic rings. The molecule has 0 spiro atoms. The molecular weight excluding hydrogens is 244 g/mol. The number of hydrogen-bond acceptors (Lipinski definition) is 2. The summed E-state index contributed by atoms with van der Waals surface area (Å²) in [6.45, 7) is 7.30. The van der Waals surface area contributed by atoms with Crippen molar-refractivity contribution in [2.24, 2.45) is 0 Å². The predicted octanol–water partition coefficient (Wildman–Crippen LogP) is 3.53. The number of hydrogen-bond donors (Lipinski definition) is 1. The zero-order valence-corrected chi connectivity index (χ0v) is 11.8. The smallest absolute Gasteiger partial charge is 0.178 e. The molecular formula is C14H18N2OS. The van der Waals surface area contributed by atoms with Crippen molar-refractivity contribution >= 4 is 23.3 Å². The molecule has 96 valence electrons. The van der Waals surface area contributed by atoms with Crippen LogP contribution in [-0.2, 0) is 10.3 Å². The quantitative estimate of drug-likeness (QED) is 0.797. The Morgan fingerprint density at radius 1 is 1.50 bits per heavy atom. The third-order valence-electron chi connectivity index (χ3n) is 4.27. The second-order valence-electron chi connectivity index (χ2n) is 5.36. The average molecular weight is 262 g/mol. The SMILES string of the molecule is Cc1cccc2[nH]c(=S)n(C3(C)CCOC3C)c12. The Morgan fingerprint density at radius 3 is 2.94 bits per heavy atom. The molecule has 1 saturated heterocycles. The lowest BCUT2D eigenvalue weighted by atomic mass is 9.94. The Morgan fingerprint density at radius 2 is 2.28 bits per heavy atom. The second-order valence-corrected chi connectivity index (χ2v) is 5.74. The molecule has 1 fully saturated rings. The summed E-state index contributed by atoms with van der Waals surface area (Å²) in [5.41, 5.74) is 3.52. The van der Waals surface area contributed by atoms with Gasteiger partial charge in [0, 0.05) is 6.61 Å². The van der Waals surface area contributed by atoms with Gasteiger partial charge in [-0.15, -0.1) is 0 Å². The standard InChI is InChI=1S/C14H18N2OS/c1-9-5-4-6-11-12(9)16(13(18)15-11)14(3)7-8-17-10(14)2/h4-6,10H,7-8H2,1-3H3,(H,15,18). The van der Waals surface area contributed by atoms with Crippen molar-refractivity contribution in [2.45, 2.75) is 38.8 Å². The molecule has 0 bridgehead atoms. The van der Waals surface area contributed by atoms with Crippen molar-refractivity contribution in [3.05, 3.63) is 28.5 Å². The first-order valence-electron chi connectivity index (χ1n) is 6.36. The number of fused-ring (bicyclic) bond motifs is 1. The Hall–Kier alpha value is -1.13. The van der Waals surface area contributed by atoms with Gasteiger partial charge in [-0.3, -0.25) is 0 Å². The number of H-pyrrole nitrogens is 1. The molecule has 1 aromatic carbocycles. The number of aromatic nitrogens is 2. The largest absolute Gasteiger partial charge is 0.376 e. The van der Waals surface area contributed by atoms with Gasteiger partial charge in [-0.1, -0.05) is 12.1 Å². The minimum absolute atomic E-state index is 0.0541. The van der Waals surface area contributed by atoms with E-state index in [1.54, 1.807) is 0 Å². The summed E-state index contributed by atoms with van der Waals surface area (Å²) in [6.07, 6.45) is 1.19. The molecule has 18 heavy (non-hydrogen) atoms. The van der Waals surface area contributed by atoms with Gasteiger partial charge in [-0.05, 0) is 51.0 Å². The van der Waals surface area contributed by atoms with Crippen molar-refractivity contribution in [1.29, 1.82) is 0 Å². The van der Waals surface area contributed by atoms with Crippen LogP contribution in [0.3, 0.4) is 0 Å². The van der Waals surface area contributed by atoms with Crippen molar-refractivity contribution in [3.8, 4) is 0 Å². The van der Waals surface area contributed by atoms with Crippen molar-refractivity contribution in [2.75, 3.05) is 6.61 Å². The van der Waals surface area contributed by atoms with Crippen LogP contribution in [0, 0.1) is 11.7 Å². The normalized spacial score (nSPS) is 28.1. The molecule has 4 heteroatoms. The molecule has 1 aromatic heterocycles. The fourth-order valence-electron chi connectivity index (χ4n) is 2.94. The predicted molar refractivity (Wildman–Crippen MR) is 75.5 cm³/mol. The summed E-state index contributed by atoms with van der Waals surface area (Å²) in [7, 11) is 0. The third kappa shape index (κ3) is 1.49. The minimum Gasteiger partial charge on any atom is -0.376 e. The number of para-hydroxylation sites is 1. The number of rotatable bonds is 1. The van der Waals surface area contributed by atoms with Crippen LogP contribution in [0.15, 0.2) is 18.2 Å². The average Bonchev–Trinajstić information content (AvgIpc) is 2.82. The number of ether oxygens (including phenoxy) is 1. The Bertz CT molecular complexity index is 657. The molecule has 2 unspecified atom stereocenters. The van der Waals surface area contributed by atoms with Gasteiger partial charge in [0.05, 0.1) is 22.7 Å². The summed E-state index contributed by atoms with van der Waals surface area (Å²) in [4.78, 5) is 3.31. The number of nitrogens with zero attached hydrogens (tertiary/aromatic N) is 1. The van der Waals surface area contributed by atoms with Crippen LogP contribution in [0.2, 0.25) is 0 Å². The van der Waals surface area contributed by atoms with Crippen LogP contribution in [0.5, 0.6) is 0 Å². The molecule has 3 rings (SSSR count). The highest BCUT2D eigenvalue weighted by atomic mass is 32.1. The molecule has 0 saturated carbocycles. The fraction of sp³-hybridized carbons (Fsp3) is 0.500. The minimum atomic E-state index is -0.0541. The van der Waals surface area contributed by atoms with Crippen molar-refractivity contribution in [3.63, 3.8) is 0 Å². The Labute approximate surface area is 112 Å². The van der Waals surface area contributed by atoms with Gasteiger partial charge in [0.15, 0.2) is 4.77 Å². The number of imidazole rings is 1. The van der Waals surface area contributed by atoms with Crippen molar-refractivity contribution in [1.82, 2.24) is 9.55 Å². The molecule has 1 N–H and O–H groups in total. The molecule has 2 aromatic rings. The molecule has 0 amide bonds. The van der Waals surface area contributed by atoms with Crippen LogP contribution < -0.4 is 0 Å². The molecule has 2 heterocycles. The van der Waals surface area contributed by atoms with E-state index in [-0.39, 0.29) is 11.6 Å². The number of aromatic amines is 1. The molecule has 3 nitrogen and oxygen atoms in total. The fourth-order valence-corrected chi connectivity index (χ4v) is 3.35. The summed E-state index contributed by atoms with van der Waals surface area (Å²) in [6, 6.07) is 6.27. The van der Waals surface area contributed by atoms with Crippen LogP contribution in [0.4, 0.5) is 0 Å². The number of benzene rings is 1. The number of nitrogens with one attached hydrogen (secondary N) is 1. The van der Waals surface area contributed by atoms with Crippen LogP contribution in [0.1, 0.15) is 25.8 Å². The molecule has 1 aliphatic heterocycles.